The quantitative estimate of drug-likeness (QED) is 0.0879. The highest BCUT2D eigenvalue weighted by Gasteiger charge is 2.47. The molecular weight excluding hydrogens is 695 g/mol. The van der Waals surface area contributed by atoms with Gasteiger partial charge in [-0.3, -0.25) is 0 Å². The molecule has 2 aromatic rings. The molecule has 2 rings (SSSR count). The largest absolute Gasteiger partial charge is 0.436 e. The summed E-state index contributed by atoms with van der Waals surface area (Å²) in [5.74, 6) is 0. The predicted molar refractivity (Wildman–Crippen MR) is 218 cm³/mol. The predicted octanol–water partition coefficient (Wildman–Crippen LogP) is 11.7. The van der Waals surface area contributed by atoms with Crippen LogP contribution in [0.5, 0.6) is 0 Å². The van der Waals surface area contributed by atoms with Crippen molar-refractivity contribution in [1.82, 2.24) is 0 Å². The molecule has 0 bridgehead atoms. The Labute approximate surface area is 301 Å². The van der Waals surface area contributed by atoms with Gasteiger partial charge in [0, 0.05) is 0 Å². The molecule has 0 amide bonds. The molecule has 2 aromatic carbocycles. The van der Waals surface area contributed by atoms with E-state index in [4.69, 9.17) is 25.8 Å². The fourth-order valence-corrected chi connectivity index (χ4v) is 37.0. The van der Waals surface area contributed by atoms with E-state index in [1.807, 2.05) is 24.3 Å². The Hall–Kier alpha value is -0.969. The van der Waals surface area contributed by atoms with Crippen LogP contribution in [0.25, 0.3) is 11.1 Å². The molecule has 0 fully saturated rings. The highest BCUT2D eigenvalue weighted by Crippen LogP contribution is 2.30. The van der Waals surface area contributed by atoms with Crippen molar-refractivity contribution in [3.05, 3.63) is 59.7 Å². The van der Waals surface area contributed by atoms with Crippen LogP contribution in [0.3, 0.4) is 0 Å². The molecule has 0 aromatic heterocycles. The van der Waals surface area contributed by atoms with E-state index in [-0.39, 0.29) is 0 Å². The van der Waals surface area contributed by atoms with Crippen molar-refractivity contribution in [1.29, 1.82) is 5.26 Å². The smallest absolute Gasteiger partial charge is 0.314 e. The van der Waals surface area contributed by atoms with Gasteiger partial charge in [-0.05, 0) is 119 Å². The molecule has 0 aliphatic heterocycles. The average Bonchev–Trinajstić information content (AvgIpc) is 2.91. The number of nitriles is 1. The van der Waals surface area contributed by atoms with Crippen molar-refractivity contribution >= 4 is 50.9 Å². The van der Waals surface area contributed by atoms with Gasteiger partial charge >= 0.3 is 34.2 Å². The highest BCUT2D eigenvalue weighted by molar-refractivity contribution is 6.91. The van der Waals surface area contributed by atoms with Crippen molar-refractivity contribution < 1.29 is 20.6 Å². The molecule has 0 aliphatic carbocycles. The summed E-state index contributed by atoms with van der Waals surface area (Å²) in [5, 5.41) is 9.09. The summed E-state index contributed by atoms with van der Waals surface area (Å²) in [6.45, 7) is 28.8. The minimum absolute atomic E-state index is 0.675. The molecule has 0 heterocycles. The summed E-state index contributed by atoms with van der Waals surface area (Å²) < 4.78 is 34.3. The zero-order valence-corrected chi connectivity index (χ0v) is 38.7. The summed E-state index contributed by atoms with van der Waals surface area (Å²) in [6, 6.07) is 20.7. The van der Waals surface area contributed by atoms with Gasteiger partial charge in [0.15, 0.2) is 16.6 Å². The van der Waals surface area contributed by atoms with Gasteiger partial charge in [0.2, 0.25) is 0 Å². The Bertz CT molecular complexity index is 1290. The lowest BCUT2D eigenvalue weighted by molar-refractivity contribution is 0.281. The van der Waals surface area contributed by atoms with Gasteiger partial charge in [0.05, 0.1) is 11.6 Å². The summed E-state index contributed by atoms with van der Waals surface area (Å²) in [5.41, 5.74) is 4.20. The Balaban J connectivity index is 1.90. The van der Waals surface area contributed by atoms with Crippen molar-refractivity contribution in [2.45, 2.75) is 149 Å². The van der Waals surface area contributed by atoms with E-state index < -0.39 is 50.9 Å². The Morgan fingerprint density at radius 2 is 0.854 bits per heavy atom. The molecule has 6 nitrogen and oxygen atoms in total. The lowest BCUT2D eigenvalue weighted by atomic mass is 10.0. The standard InChI is InChI=1S/C36H67NO5Si6/c1-14-15-16-17-18-19-20-21-30-43(2,3)38-45(6,7)40-47(10,11)42-48(12,13)41-46(8,9)39-44(4,5)32-34-24-28-36(29-25-34)35-26-22-33(31-37)23-27-35/h22-29H,14-21,30,32H2,1-13H3. The number of unbranched alkanes of at least 4 members (excludes halogenated alkanes) is 7. The van der Waals surface area contributed by atoms with Crippen molar-refractivity contribution in [3.8, 4) is 17.2 Å². The van der Waals surface area contributed by atoms with Crippen LogP contribution in [0.1, 0.15) is 69.4 Å². The summed E-state index contributed by atoms with van der Waals surface area (Å²) in [6.07, 6.45) is 10.7. The fourth-order valence-electron chi connectivity index (χ4n) is 7.01. The molecule has 0 radical (unpaired) electrons. The van der Waals surface area contributed by atoms with Crippen LogP contribution in [-0.2, 0) is 26.6 Å². The van der Waals surface area contributed by atoms with Gasteiger partial charge in [0.25, 0.3) is 0 Å². The van der Waals surface area contributed by atoms with Crippen LogP contribution in [0.2, 0.25) is 84.6 Å². The maximum Gasteiger partial charge on any atom is 0.314 e. The first kappa shape index (κ1) is 43.2. The Kier molecular flexibility index (Phi) is 16.6. The van der Waals surface area contributed by atoms with Crippen LogP contribution in [-0.4, -0.2) is 50.9 Å². The number of benzene rings is 2. The van der Waals surface area contributed by atoms with Crippen molar-refractivity contribution in [2.75, 3.05) is 0 Å². The van der Waals surface area contributed by atoms with Crippen LogP contribution < -0.4 is 0 Å². The van der Waals surface area contributed by atoms with Gasteiger partial charge < -0.3 is 20.6 Å². The van der Waals surface area contributed by atoms with E-state index in [9.17, 15) is 0 Å². The van der Waals surface area contributed by atoms with E-state index in [1.54, 1.807) is 0 Å². The summed E-state index contributed by atoms with van der Waals surface area (Å²) in [7, 11) is -13.9. The average molecular weight is 762 g/mol. The second-order valence-corrected chi connectivity index (χ2v) is 39.6. The molecule has 0 saturated carbocycles. The number of rotatable bonds is 22. The third-order valence-corrected chi connectivity index (χ3v) is 31.1. The zero-order chi connectivity index (χ0) is 36.3. The number of hydrogen-bond acceptors (Lipinski definition) is 6. The second kappa shape index (κ2) is 18.5. The summed E-state index contributed by atoms with van der Waals surface area (Å²) >= 11 is 0. The first-order chi connectivity index (χ1) is 22.1. The van der Waals surface area contributed by atoms with Gasteiger partial charge in [-0.15, -0.1) is 0 Å². The van der Waals surface area contributed by atoms with Gasteiger partial charge in [-0.2, -0.15) is 5.26 Å². The lowest BCUT2D eigenvalue weighted by Crippen LogP contribution is -2.60. The molecule has 0 saturated heterocycles. The Morgan fingerprint density at radius 1 is 0.479 bits per heavy atom. The van der Waals surface area contributed by atoms with E-state index >= 15 is 0 Å². The third kappa shape index (κ3) is 17.3. The molecule has 12 heteroatoms. The van der Waals surface area contributed by atoms with E-state index in [2.05, 4.69) is 116 Å². The third-order valence-electron chi connectivity index (χ3n) is 8.08. The Morgan fingerprint density at radius 3 is 1.29 bits per heavy atom. The van der Waals surface area contributed by atoms with Crippen LogP contribution in [0, 0.1) is 11.3 Å². The second-order valence-electron chi connectivity index (χ2n) is 16.4. The molecular formula is C36H67NO5Si6. The lowest BCUT2D eigenvalue weighted by Gasteiger charge is -2.43. The normalized spacial score (nSPS) is 13.5. The minimum atomic E-state index is -2.57. The van der Waals surface area contributed by atoms with E-state index in [0.29, 0.717) is 5.56 Å². The molecule has 0 N–H and O–H groups in total. The molecule has 0 unspecified atom stereocenters. The monoisotopic (exact) mass is 761 g/mol. The summed E-state index contributed by atoms with van der Waals surface area (Å²) in [4.78, 5) is 0. The van der Waals surface area contributed by atoms with E-state index in [0.717, 1.165) is 17.2 Å². The molecule has 48 heavy (non-hydrogen) atoms. The topological polar surface area (TPSA) is 69.9 Å². The van der Waals surface area contributed by atoms with Crippen molar-refractivity contribution in [2.24, 2.45) is 0 Å². The highest BCUT2D eigenvalue weighted by atomic mass is 28.5. The number of hydrogen-bond donors (Lipinski definition) is 0. The van der Waals surface area contributed by atoms with E-state index in [1.165, 1.54) is 63.0 Å². The first-order valence-corrected chi connectivity index (χ1v) is 35.7. The minimum Gasteiger partial charge on any atom is -0.436 e. The van der Waals surface area contributed by atoms with Crippen LogP contribution in [0.4, 0.5) is 0 Å². The maximum absolute atomic E-state index is 9.09. The van der Waals surface area contributed by atoms with Crippen molar-refractivity contribution in [3.63, 3.8) is 0 Å². The molecule has 0 spiro atoms. The van der Waals surface area contributed by atoms with Gasteiger partial charge in [-0.1, -0.05) is 94.7 Å². The van der Waals surface area contributed by atoms with Crippen LogP contribution in [0.15, 0.2) is 48.5 Å². The molecule has 0 atom stereocenters. The number of nitrogens with zero attached hydrogens (tertiary/aromatic N) is 1. The molecule has 270 valence electrons. The van der Waals surface area contributed by atoms with Crippen LogP contribution >= 0.6 is 0 Å². The fraction of sp³-hybridized carbons (Fsp3) is 0.639. The zero-order valence-electron chi connectivity index (χ0n) is 32.7. The first-order valence-electron chi connectivity index (χ1n) is 18.2. The van der Waals surface area contributed by atoms with Gasteiger partial charge in [-0.25, -0.2) is 0 Å². The van der Waals surface area contributed by atoms with Gasteiger partial charge in [0.1, 0.15) is 0 Å². The SMILES string of the molecule is CCCCCCCCCC[Si](C)(C)O[Si](C)(C)O[Si](C)(C)O[Si](C)(C)O[Si](C)(C)O[Si](C)(C)Cc1ccc(-c2ccc(C#N)cc2)cc1. The maximum atomic E-state index is 9.09. The molecule has 0 aliphatic rings.